The van der Waals surface area contributed by atoms with Crippen molar-refractivity contribution >= 4 is 17.3 Å². The highest BCUT2D eigenvalue weighted by molar-refractivity contribution is 7.07. The van der Waals surface area contributed by atoms with Crippen LogP contribution in [0.3, 0.4) is 0 Å². The number of Topliss-reactive ketones (excluding diaryl/α,β-unsaturated/α-hetero) is 1. The Bertz CT molecular complexity index is 303. The molecule has 0 saturated heterocycles. The number of aromatic nitrogens is 2. The Morgan fingerprint density at radius 3 is 2.92 bits per heavy atom. The van der Waals surface area contributed by atoms with Crippen molar-refractivity contribution in [2.24, 2.45) is 5.41 Å². The average Bonchev–Trinajstić information content (AvgIpc) is 2.53. The molecule has 0 aliphatic heterocycles. The molecule has 13 heavy (non-hydrogen) atoms. The first kappa shape index (κ1) is 8.81. The van der Waals surface area contributed by atoms with Gasteiger partial charge in [0.25, 0.3) is 0 Å². The zero-order valence-electron chi connectivity index (χ0n) is 7.62. The van der Waals surface area contributed by atoms with Crippen molar-refractivity contribution in [3.8, 4) is 0 Å². The van der Waals surface area contributed by atoms with Gasteiger partial charge in [0.05, 0.1) is 6.20 Å². The van der Waals surface area contributed by atoms with E-state index in [1.54, 1.807) is 6.20 Å². The maximum absolute atomic E-state index is 11.6. The van der Waals surface area contributed by atoms with Crippen molar-refractivity contribution in [1.29, 1.82) is 0 Å². The number of rotatable bonds is 3. The third-order valence-corrected chi connectivity index (χ3v) is 3.49. The Morgan fingerprint density at radius 2 is 2.46 bits per heavy atom. The van der Waals surface area contributed by atoms with Crippen molar-refractivity contribution in [2.45, 2.75) is 32.6 Å². The second-order valence-corrected chi connectivity index (χ2v) is 4.83. The third-order valence-electron chi connectivity index (χ3n) is 2.78. The second-order valence-electron chi connectivity index (χ2n) is 4.05. The van der Waals surface area contributed by atoms with E-state index in [-0.39, 0.29) is 11.2 Å². The summed E-state index contributed by atoms with van der Waals surface area (Å²) in [7, 11) is 0. The second kappa shape index (κ2) is 3.18. The molecule has 1 aliphatic rings. The lowest BCUT2D eigenvalue weighted by molar-refractivity contribution is 0.0820. The first-order valence-corrected chi connectivity index (χ1v) is 5.28. The van der Waals surface area contributed by atoms with Gasteiger partial charge in [0, 0.05) is 6.42 Å². The van der Waals surface area contributed by atoms with Gasteiger partial charge in [-0.2, -0.15) is 0 Å². The highest BCUT2D eigenvalue weighted by Gasteiger charge is 2.34. The highest BCUT2D eigenvalue weighted by atomic mass is 32.1. The molecule has 1 aromatic rings. The van der Waals surface area contributed by atoms with Crippen molar-refractivity contribution in [1.82, 2.24) is 9.59 Å². The first-order chi connectivity index (χ1) is 6.20. The van der Waals surface area contributed by atoms with Gasteiger partial charge >= 0.3 is 0 Å². The van der Waals surface area contributed by atoms with E-state index in [0.717, 1.165) is 0 Å². The number of hydrogen-bond acceptors (Lipinski definition) is 4. The monoisotopic (exact) mass is 196 g/mol. The molecule has 1 aromatic heterocycles. The summed E-state index contributed by atoms with van der Waals surface area (Å²) in [4.78, 5) is 12.3. The standard InChI is InChI=1S/C9H12N2OS/c1-9(3-2-4-9)5-7(12)8-6-10-11-13-8/h6H,2-5H2,1H3. The Labute approximate surface area is 81.3 Å². The summed E-state index contributed by atoms with van der Waals surface area (Å²) in [6, 6.07) is 0. The molecule has 2 rings (SSSR count). The number of hydrogen-bond donors (Lipinski definition) is 0. The van der Waals surface area contributed by atoms with Crippen LogP contribution in [0.5, 0.6) is 0 Å². The van der Waals surface area contributed by atoms with Crippen LogP contribution in [0, 0.1) is 5.41 Å². The van der Waals surface area contributed by atoms with Gasteiger partial charge in [0.1, 0.15) is 4.88 Å². The van der Waals surface area contributed by atoms with E-state index in [1.165, 1.54) is 30.8 Å². The van der Waals surface area contributed by atoms with Crippen molar-refractivity contribution in [3.63, 3.8) is 0 Å². The molecule has 0 unspecified atom stereocenters. The predicted octanol–water partition coefficient (Wildman–Crippen LogP) is 2.30. The molecule has 1 heterocycles. The van der Waals surface area contributed by atoms with Gasteiger partial charge in [-0.3, -0.25) is 4.79 Å². The molecule has 0 aromatic carbocycles. The van der Waals surface area contributed by atoms with Crippen LogP contribution in [0.2, 0.25) is 0 Å². The molecule has 3 nitrogen and oxygen atoms in total. The SMILES string of the molecule is CC1(CC(=O)c2cnns2)CCC1. The Balaban J connectivity index is 1.99. The summed E-state index contributed by atoms with van der Waals surface area (Å²) in [6.07, 6.45) is 5.87. The molecule has 0 spiro atoms. The molecule has 0 N–H and O–H groups in total. The molecule has 0 atom stereocenters. The molecule has 0 radical (unpaired) electrons. The van der Waals surface area contributed by atoms with E-state index in [1.807, 2.05) is 0 Å². The Morgan fingerprint density at radius 1 is 1.69 bits per heavy atom. The van der Waals surface area contributed by atoms with Gasteiger partial charge in [-0.15, -0.1) is 5.10 Å². The van der Waals surface area contributed by atoms with Crippen LogP contribution in [0.4, 0.5) is 0 Å². The predicted molar refractivity (Wildman–Crippen MR) is 50.8 cm³/mol. The quantitative estimate of drug-likeness (QED) is 0.697. The maximum atomic E-state index is 11.6. The minimum absolute atomic E-state index is 0.206. The van der Waals surface area contributed by atoms with E-state index in [9.17, 15) is 4.79 Å². The topological polar surface area (TPSA) is 42.9 Å². The van der Waals surface area contributed by atoms with Crippen LogP contribution >= 0.6 is 11.5 Å². The molecule has 1 fully saturated rings. The summed E-state index contributed by atoms with van der Waals surface area (Å²) in [5.41, 5.74) is 0.265. The number of nitrogens with zero attached hydrogens (tertiary/aromatic N) is 2. The lowest BCUT2D eigenvalue weighted by Crippen LogP contribution is -2.28. The summed E-state index contributed by atoms with van der Waals surface area (Å²) >= 11 is 1.20. The van der Waals surface area contributed by atoms with E-state index < -0.39 is 0 Å². The zero-order valence-corrected chi connectivity index (χ0v) is 8.43. The van der Waals surface area contributed by atoms with Gasteiger partial charge in [-0.25, -0.2) is 0 Å². The van der Waals surface area contributed by atoms with Crippen LogP contribution < -0.4 is 0 Å². The van der Waals surface area contributed by atoms with Crippen LogP contribution in [0.25, 0.3) is 0 Å². The zero-order chi connectivity index (χ0) is 9.31. The van der Waals surface area contributed by atoms with Crippen molar-refractivity contribution in [2.75, 3.05) is 0 Å². The van der Waals surface area contributed by atoms with Crippen LogP contribution in [0.15, 0.2) is 6.20 Å². The first-order valence-electron chi connectivity index (χ1n) is 4.50. The van der Waals surface area contributed by atoms with Gasteiger partial charge < -0.3 is 0 Å². The van der Waals surface area contributed by atoms with E-state index in [4.69, 9.17) is 0 Å². The van der Waals surface area contributed by atoms with Gasteiger partial charge in [-0.1, -0.05) is 17.8 Å². The number of carbonyl (C=O) groups is 1. The van der Waals surface area contributed by atoms with Gasteiger partial charge in [0.2, 0.25) is 0 Å². The highest BCUT2D eigenvalue weighted by Crippen LogP contribution is 2.43. The largest absolute Gasteiger partial charge is 0.293 e. The van der Waals surface area contributed by atoms with Crippen LogP contribution in [0.1, 0.15) is 42.3 Å². The van der Waals surface area contributed by atoms with Crippen LogP contribution in [-0.2, 0) is 0 Å². The minimum atomic E-state index is 0.206. The Hall–Kier alpha value is -0.770. The molecule has 1 aliphatic carbocycles. The van der Waals surface area contributed by atoms with E-state index >= 15 is 0 Å². The van der Waals surface area contributed by atoms with E-state index in [0.29, 0.717) is 11.3 Å². The maximum Gasteiger partial charge on any atom is 0.176 e. The fourth-order valence-electron chi connectivity index (χ4n) is 1.72. The average molecular weight is 196 g/mol. The number of ketones is 1. The molecule has 4 heteroatoms. The molecular formula is C9H12N2OS. The normalized spacial score (nSPS) is 19.5. The molecular weight excluding hydrogens is 184 g/mol. The van der Waals surface area contributed by atoms with Crippen molar-refractivity contribution < 1.29 is 4.79 Å². The van der Waals surface area contributed by atoms with E-state index in [2.05, 4.69) is 16.5 Å². The number of carbonyl (C=O) groups excluding carboxylic acids is 1. The molecule has 70 valence electrons. The molecule has 1 saturated carbocycles. The smallest absolute Gasteiger partial charge is 0.176 e. The van der Waals surface area contributed by atoms with Gasteiger partial charge in [0.15, 0.2) is 5.78 Å². The lowest BCUT2D eigenvalue weighted by Gasteiger charge is -2.37. The fraction of sp³-hybridized carbons (Fsp3) is 0.667. The third kappa shape index (κ3) is 1.77. The minimum Gasteiger partial charge on any atom is -0.293 e. The lowest BCUT2D eigenvalue weighted by atomic mass is 9.67. The van der Waals surface area contributed by atoms with Crippen molar-refractivity contribution in [3.05, 3.63) is 11.1 Å². The summed E-state index contributed by atoms with van der Waals surface area (Å²) in [5.74, 6) is 0.206. The van der Waals surface area contributed by atoms with Crippen LogP contribution in [-0.4, -0.2) is 15.4 Å². The fourth-order valence-corrected chi connectivity index (χ4v) is 2.17. The molecule has 0 bridgehead atoms. The Kier molecular flexibility index (Phi) is 2.15. The van der Waals surface area contributed by atoms with Gasteiger partial charge in [-0.05, 0) is 29.8 Å². The summed E-state index contributed by atoms with van der Waals surface area (Å²) in [6.45, 7) is 2.18. The summed E-state index contributed by atoms with van der Waals surface area (Å²) < 4.78 is 3.69. The summed E-state index contributed by atoms with van der Waals surface area (Å²) in [5, 5.41) is 3.66. The molecule has 0 amide bonds.